The van der Waals surface area contributed by atoms with Crippen LogP contribution in [0.1, 0.15) is 17.0 Å². The fourth-order valence-electron chi connectivity index (χ4n) is 2.42. The number of methoxy groups -OCH3 is 1. The van der Waals surface area contributed by atoms with Gasteiger partial charge in [-0.1, -0.05) is 12.1 Å². The van der Waals surface area contributed by atoms with Gasteiger partial charge in [0.1, 0.15) is 6.07 Å². The van der Waals surface area contributed by atoms with Crippen LogP contribution in [0, 0.1) is 11.3 Å². The number of thioether (sulfide) groups is 1. The van der Waals surface area contributed by atoms with Crippen LogP contribution < -0.4 is 0 Å². The summed E-state index contributed by atoms with van der Waals surface area (Å²) in [5.41, 5.74) is -0.208. The molecule has 0 bridgehead atoms. The van der Waals surface area contributed by atoms with Gasteiger partial charge in [0, 0.05) is 23.2 Å². The Morgan fingerprint density at radius 2 is 2.00 bits per heavy atom. The van der Waals surface area contributed by atoms with Gasteiger partial charge in [0.05, 0.1) is 19.2 Å². The van der Waals surface area contributed by atoms with E-state index in [-0.39, 0.29) is 12.4 Å². The van der Waals surface area contributed by atoms with Crippen LogP contribution in [0.2, 0.25) is 0 Å². The standard InChI is InChI=1S/C17H18N2O3S/c1-19-13(10-16(20)22-2)6-9-15(19)17(21,11-18)12-4-7-14(23-3)8-5-12/h4-9,21H,10H2,1-3H3. The molecule has 0 aliphatic rings. The lowest BCUT2D eigenvalue weighted by molar-refractivity contribution is -0.139. The van der Waals surface area contributed by atoms with E-state index in [9.17, 15) is 15.2 Å². The van der Waals surface area contributed by atoms with Crippen molar-refractivity contribution in [2.24, 2.45) is 7.05 Å². The van der Waals surface area contributed by atoms with Gasteiger partial charge in [-0.15, -0.1) is 11.8 Å². The Morgan fingerprint density at radius 3 is 2.52 bits per heavy atom. The molecule has 0 aliphatic heterocycles. The molecule has 0 amide bonds. The first-order valence-electron chi connectivity index (χ1n) is 6.96. The molecular formula is C17H18N2O3S. The average molecular weight is 330 g/mol. The predicted octanol–water partition coefficient (Wildman–Crippen LogP) is 2.22. The Kier molecular flexibility index (Phi) is 5.14. The van der Waals surface area contributed by atoms with Crippen LogP contribution in [-0.2, 0) is 28.6 Å². The molecule has 6 heteroatoms. The Morgan fingerprint density at radius 1 is 1.35 bits per heavy atom. The predicted molar refractivity (Wildman–Crippen MR) is 88.0 cm³/mol. The summed E-state index contributed by atoms with van der Waals surface area (Å²) >= 11 is 1.59. The van der Waals surface area contributed by atoms with Crippen LogP contribution in [-0.4, -0.2) is 29.0 Å². The molecule has 1 atom stereocenters. The second-order valence-corrected chi connectivity index (χ2v) is 5.95. The molecule has 0 saturated carbocycles. The van der Waals surface area contributed by atoms with Gasteiger partial charge in [-0.3, -0.25) is 4.79 Å². The van der Waals surface area contributed by atoms with Crippen LogP contribution in [0.15, 0.2) is 41.3 Å². The number of rotatable bonds is 5. The smallest absolute Gasteiger partial charge is 0.311 e. The highest BCUT2D eigenvalue weighted by molar-refractivity contribution is 7.98. The molecule has 1 aromatic heterocycles. The molecule has 120 valence electrons. The van der Waals surface area contributed by atoms with E-state index in [2.05, 4.69) is 4.74 Å². The summed E-state index contributed by atoms with van der Waals surface area (Å²) in [6, 6.07) is 12.6. The summed E-state index contributed by atoms with van der Waals surface area (Å²) in [7, 11) is 3.04. The van der Waals surface area contributed by atoms with Gasteiger partial charge in [0.2, 0.25) is 5.60 Å². The molecule has 23 heavy (non-hydrogen) atoms. The monoisotopic (exact) mass is 330 g/mol. The first kappa shape index (κ1) is 17.1. The summed E-state index contributed by atoms with van der Waals surface area (Å²) in [6.45, 7) is 0. The lowest BCUT2D eigenvalue weighted by atomic mass is 9.92. The summed E-state index contributed by atoms with van der Waals surface area (Å²) in [5.74, 6) is -0.373. The summed E-state index contributed by atoms with van der Waals surface area (Å²) in [5, 5.41) is 20.5. The third-order valence-corrected chi connectivity index (χ3v) is 4.56. The number of hydrogen-bond acceptors (Lipinski definition) is 5. The van der Waals surface area contributed by atoms with E-state index < -0.39 is 5.60 Å². The molecular weight excluding hydrogens is 312 g/mol. The van der Waals surface area contributed by atoms with Crippen molar-refractivity contribution in [1.82, 2.24) is 4.57 Å². The number of hydrogen-bond donors (Lipinski definition) is 1. The van der Waals surface area contributed by atoms with E-state index in [1.807, 2.05) is 24.5 Å². The third-order valence-electron chi connectivity index (χ3n) is 3.82. The van der Waals surface area contributed by atoms with Crippen molar-refractivity contribution in [3.8, 4) is 6.07 Å². The van der Waals surface area contributed by atoms with Crippen LogP contribution in [0.4, 0.5) is 0 Å². The number of carbonyl (C=O) groups is 1. The van der Waals surface area contributed by atoms with Crippen molar-refractivity contribution < 1.29 is 14.6 Å². The first-order valence-corrected chi connectivity index (χ1v) is 8.18. The maximum atomic E-state index is 11.4. The van der Waals surface area contributed by atoms with Crippen molar-refractivity contribution in [1.29, 1.82) is 5.26 Å². The summed E-state index contributed by atoms with van der Waals surface area (Å²) < 4.78 is 6.31. The average Bonchev–Trinajstić information content (AvgIpc) is 2.95. The minimum absolute atomic E-state index is 0.0833. The molecule has 1 N–H and O–H groups in total. The van der Waals surface area contributed by atoms with Crippen LogP contribution >= 0.6 is 11.8 Å². The van der Waals surface area contributed by atoms with Crippen molar-refractivity contribution >= 4 is 17.7 Å². The molecule has 0 fully saturated rings. The highest BCUT2D eigenvalue weighted by atomic mass is 32.2. The molecule has 5 nitrogen and oxygen atoms in total. The number of carbonyl (C=O) groups excluding carboxylic acids is 1. The lowest BCUT2D eigenvalue weighted by Gasteiger charge is -2.22. The van der Waals surface area contributed by atoms with E-state index in [0.29, 0.717) is 17.0 Å². The molecule has 0 radical (unpaired) electrons. The second-order valence-electron chi connectivity index (χ2n) is 5.07. The SMILES string of the molecule is COC(=O)Cc1ccc(C(O)(C#N)c2ccc(SC)cc2)n1C. The maximum Gasteiger partial charge on any atom is 0.311 e. The minimum atomic E-state index is -1.78. The number of ether oxygens (including phenoxy) is 1. The van der Waals surface area contributed by atoms with Crippen LogP contribution in [0.25, 0.3) is 0 Å². The lowest BCUT2D eigenvalue weighted by Crippen LogP contribution is -2.28. The van der Waals surface area contributed by atoms with Gasteiger partial charge in [-0.05, 0) is 30.5 Å². The zero-order valence-electron chi connectivity index (χ0n) is 13.2. The second kappa shape index (κ2) is 6.90. The molecule has 1 unspecified atom stereocenters. The highest BCUT2D eigenvalue weighted by Gasteiger charge is 2.34. The molecule has 1 aromatic carbocycles. The Bertz CT molecular complexity index is 746. The Hall–Kier alpha value is -2.23. The fraction of sp³-hybridized carbons (Fsp3) is 0.294. The van der Waals surface area contributed by atoms with Crippen LogP contribution in [0.3, 0.4) is 0 Å². The van der Waals surface area contributed by atoms with Gasteiger partial charge in [-0.2, -0.15) is 5.26 Å². The fourth-order valence-corrected chi connectivity index (χ4v) is 2.82. The van der Waals surface area contributed by atoms with E-state index in [0.717, 1.165) is 4.90 Å². The van der Waals surface area contributed by atoms with Crippen molar-refractivity contribution in [2.45, 2.75) is 16.9 Å². The van der Waals surface area contributed by atoms with E-state index >= 15 is 0 Å². The van der Waals surface area contributed by atoms with Gasteiger partial charge < -0.3 is 14.4 Å². The minimum Gasteiger partial charge on any atom is -0.469 e. The third kappa shape index (κ3) is 3.26. The normalized spacial score (nSPS) is 13.2. The number of aromatic nitrogens is 1. The number of nitriles is 1. The molecule has 2 rings (SSSR count). The van der Waals surface area contributed by atoms with Gasteiger partial charge in [-0.25, -0.2) is 0 Å². The van der Waals surface area contributed by atoms with Gasteiger partial charge >= 0.3 is 5.97 Å². The molecule has 0 saturated heterocycles. The van der Waals surface area contributed by atoms with Crippen molar-refractivity contribution in [2.75, 3.05) is 13.4 Å². The van der Waals surface area contributed by atoms with E-state index in [4.69, 9.17) is 0 Å². The van der Waals surface area contributed by atoms with Crippen LogP contribution in [0.5, 0.6) is 0 Å². The number of aliphatic hydroxyl groups is 1. The largest absolute Gasteiger partial charge is 0.469 e. The zero-order chi connectivity index (χ0) is 17.0. The summed E-state index contributed by atoms with van der Waals surface area (Å²) in [4.78, 5) is 12.5. The van der Waals surface area contributed by atoms with E-state index in [1.54, 1.807) is 47.6 Å². The van der Waals surface area contributed by atoms with Crippen molar-refractivity contribution in [3.05, 3.63) is 53.3 Å². The van der Waals surface area contributed by atoms with Gasteiger partial charge in [0.25, 0.3) is 0 Å². The summed E-state index contributed by atoms with van der Waals surface area (Å²) in [6.07, 6.45) is 2.04. The first-order chi connectivity index (χ1) is 11.0. The Labute approximate surface area is 139 Å². The zero-order valence-corrected chi connectivity index (χ0v) is 14.1. The Balaban J connectivity index is 2.44. The number of esters is 1. The van der Waals surface area contributed by atoms with Crippen molar-refractivity contribution in [3.63, 3.8) is 0 Å². The van der Waals surface area contributed by atoms with E-state index in [1.165, 1.54) is 7.11 Å². The highest BCUT2D eigenvalue weighted by Crippen LogP contribution is 2.31. The molecule has 2 aromatic rings. The molecule has 0 aliphatic carbocycles. The number of benzene rings is 1. The maximum absolute atomic E-state index is 11.4. The topological polar surface area (TPSA) is 75.2 Å². The number of nitrogens with zero attached hydrogens (tertiary/aromatic N) is 2. The quantitative estimate of drug-likeness (QED) is 0.517. The molecule has 0 spiro atoms. The molecule has 1 heterocycles. The van der Waals surface area contributed by atoms with Gasteiger partial charge in [0.15, 0.2) is 0 Å².